The molecule has 2 rings (SSSR count). The number of aromatic nitrogens is 2. The highest BCUT2D eigenvalue weighted by atomic mass is 35.5. The Kier molecular flexibility index (Phi) is 3.51. The number of alkyl halides is 1. The van der Waals surface area contributed by atoms with Gasteiger partial charge in [0.2, 0.25) is 11.8 Å². The quantitative estimate of drug-likeness (QED) is 0.824. The van der Waals surface area contributed by atoms with E-state index in [-0.39, 0.29) is 17.3 Å². The molecule has 2 heterocycles. The lowest BCUT2D eigenvalue weighted by Crippen LogP contribution is -2.48. The van der Waals surface area contributed by atoms with Crippen molar-refractivity contribution in [1.29, 1.82) is 0 Å². The van der Waals surface area contributed by atoms with Crippen molar-refractivity contribution >= 4 is 23.5 Å². The van der Waals surface area contributed by atoms with Crippen molar-refractivity contribution in [3.63, 3.8) is 0 Å². The second-order valence-corrected chi connectivity index (χ2v) is 4.80. The van der Waals surface area contributed by atoms with Gasteiger partial charge in [-0.15, -0.1) is 16.7 Å². The number of amides is 1. The normalized spacial score (nSPS) is 22.5. The number of halogens is 1. The smallest absolute Gasteiger partial charge is 0.318 e. The number of rotatable bonds is 3. The standard InChI is InChI=1S/C10H15ClN4O2/c1-6(11)9-13-14-10(17-9)15-5-3-2-4-7(15)8(12)16/h6-7H,2-5H2,1H3,(H2,12,16). The second-order valence-electron chi connectivity index (χ2n) is 4.15. The third-order valence-electron chi connectivity index (χ3n) is 2.85. The van der Waals surface area contributed by atoms with Gasteiger partial charge in [-0.3, -0.25) is 4.79 Å². The molecule has 2 N–H and O–H groups in total. The summed E-state index contributed by atoms with van der Waals surface area (Å²) in [5, 5.41) is 7.41. The number of nitrogens with two attached hydrogens (primary N) is 1. The van der Waals surface area contributed by atoms with Crippen LogP contribution in [0.5, 0.6) is 0 Å². The van der Waals surface area contributed by atoms with Gasteiger partial charge in [-0.1, -0.05) is 5.10 Å². The molecule has 0 radical (unpaired) electrons. The van der Waals surface area contributed by atoms with E-state index in [2.05, 4.69) is 10.2 Å². The van der Waals surface area contributed by atoms with Crippen LogP contribution < -0.4 is 10.6 Å². The molecule has 0 aliphatic carbocycles. The minimum atomic E-state index is -0.359. The minimum absolute atomic E-state index is 0.330. The first-order chi connectivity index (χ1) is 8.09. The first-order valence-electron chi connectivity index (χ1n) is 5.63. The summed E-state index contributed by atoms with van der Waals surface area (Å²) >= 11 is 5.85. The largest absolute Gasteiger partial charge is 0.406 e. The molecular formula is C10H15ClN4O2. The summed E-state index contributed by atoms with van der Waals surface area (Å²) in [6.07, 6.45) is 2.69. The van der Waals surface area contributed by atoms with Gasteiger partial charge in [0.25, 0.3) is 0 Å². The molecule has 0 spiro atoms. The zero-order valence-corrected chi connectivity index (χ0v) is 10.4. The van der Waals surface area contributed by atoms with Crippen molar-refractivity contribution in [2.75, 3.05) is 11.4 Å². The molecule has 2 unspecified atom stereocenters. The lowest BCUT2D eigenvalue weighted by atomic mass is 10.0. The summed E-state index contributed by atoms with van der Waals surface area (Å²) in [4.78, 5) is 13.1. The maximum Gasteiger partial charge on any atom is 0.318 e. The van der Waals surface area contributed by atoms with Crippen molar-refractivity contribution in [3.05, 3.63) is 5.89 Å². The monoisotopic (exact) mass is 258 g/mol. The van der Waals surface area contributed by atoms with Gasteiger partial charge >= 0.3 is 6.01 Å². The number of nitrogens with zero attached hydrogens (tertiary/aromatic N) is 3. The van der Waals surface area contributed by atoms with Crippen LogP contribution in [0.25, 0.3) is 0 Å². The highest BCUT2D eigenvalue weighted by molar-refractivity contribution is 6.20. The average molecular weight is 259 g/mol. The molecule has 0 saturated carbocycles. The van der Waals surface area contributed by atoms with E-state index in [1.165, 1.54) is 0 Å². The van der Waals surface area contributed by atoms with Gasteiger partial charge < -0.3 is 15.1 Å². The minimum Gasteiger partial charge on any atom is -0.406 e. The third kappa shape index (κ3) is 2.52. The van der Waals surface area contributed by atoms with Crippen LogP contribution in [0, 0.1) is 0 Å². The van der Waals surface area contributed by atoms with E-state index in [0.29, 0.717) is 18.5 Å². The third-order valence-corrected chi connectivity index (χ3v) is 3.03. The van der Waals surface area contributed by atoms with Crippen LogP contribution in [-0.4, -0.2) is 28.7 Å². The Morgan fingerprint density at radius 3 is 2.94 bits per heavy atom. The molecular weight excluding hydrogens is 244 g/mol. The molecule has 1 aliphatic rings. The second kappa shape index (κ2) is 4.91. The summed E-state index contributed by atoms with van der Waals surface area (Å²) < 4.78 is 5.43. The summed E-state index contributed by atoms with van der Waals surface area (Å²) in [5.41, 5.74) is 5.37. The fourth-order valence-corrected chi connectivity index (χ4v) is 2.05. The SMILES string of the molecule is CC(Cl)c1nnc(N2CCCCC2C(N)=O)o1. The molecule has 7 heteroatoms. The van der Waals surface area contributed by atoms with Crippen molar-refractivity contribution in [2.24, 2.45) is 5.73 Å². The Bertz CT molecular complexity index is 407. The topological polar surface area (TPSA) is 85.3 Å². The lowest BCUT2D eigenvalue weighted by Gasteiger charge is -2.31. The van der Waals surface area contributed by atoms with Crippen molar-refractivity contribution in [1.82, 2.24) is 10.2 Å². The Balaban J connectivity index is 2.20. The number of carbonyl (C=O) groups is 1. The number of hydrogen-bond acceptors (Lipinski definition) is 5. The Morgan fingerprint density at radius 1 is 1.59 bits per heavy atom. The van der Waals surface area contributed by atoms with E-state index < -0.39 is 0 Å². The van der Waals surface area contributed by atoms with Crippen LogP contribution in [0.1, 0.15) is 37.5 Å². The zero-order chi connectivity index (χ0) is 12.4. The molecule has 0 aromatic carbocycles. The average Bonchev–Trinajstić information content (AvgIpc) is 2.78. The van der Waals surface area contributed by atoms with Crippen molar-refractivity contribution < 1.29 is 9.21 Å². The van der Waals surface area contributed by atoms with Crippen LogP contribution in [-0.2, 0) is 4.79 Å². The van der Waals surface area contributed by atoms with E-state index in [1.54, 1.807) is 11.8 Å². The molecule has 94 valence electrons. The molecule has 1 aromatic heterocycles. The van der Waals surface area contributed by atoms with E-state index >= 15 is 0 Å². The summed E-state index contributed by atoms with van der Waals surface area (Å²) in [6.45, 7) is 2.45. The Morgan fingerprint density at radius 2 is 2.35 bits per heavy atom. The van der Waals surface area contributed by atoms with Gasteiger partial charge in [0.1, 0.15) is 11.4 Å². The van der Waals surface area contributed by atoms with Crippen molar-refractivity contribution in [3.8, 4) is 0 Å². The van der Waals surface area contributed by atoms with Gasteiger partial charge in [-0.05, 0) is 26.2 Å². The Labute approximate surface area is 104 Å². The highest BCUT2D eigenvalue weighted by Gasteiger charge is 2.30. The number of carbonyl (C=O) groups excluding carboxylic acids is 1. The van der Waals surface area contributed by atoms with Crippen LogP contribution in [0.3, 0.4) is 0 Å². The fourth-order valence-electron chi connectivity index (χ4n) is 1.96. The molecule has 1 fully saturated rings. The maximum absolute atomic E-state index is 11.3. The number of anilines is 1. The first kappa shape index (κ1) is 12.2. The summed E-state index contributed by atoms with van der Waals surface area (Å²) in [6, 6.07) is -0.0290. The van der Waals surface area contributed by atoms with Gasteiger partial charge in [0.05, 0.1) is 0 Å². The first-order valence-corrected chi connectivity index (χ1v) is 6.06. The number of primary amides is 1. The molecule has 17 heavy (non-hydrogen) atoms. The molecule has 1 aliphatic heterocycles. The Hall–Kier alpha value is -1.30. The lowest BCUT2D eigenvalue weighted by molar-refractivity contribution is -0.119. The van der Waals surface area contributed by atoms with E-state index in [9.17, 15) is 4.79 Å². The molecule has 6 nitrogen and oxygen atoms in total. The highest BCUT2D eigenvalue weighted by Crippen LogP contribution is 2.26. The van der Waals surface area contributed by atoms with Gasteiger partial charge in [-0.2, -0.15) is 0 Å². The predicted molar refractivity (Wildman–Crippen MR) is 62.7 cm³/mol. The molecule has 1 saturated heterocycles. The van der Waals surface area contributed by atoms with Crippen LogP contribution in [0.2, 0.25) is 0 Å². The van der Waals surface area contributed by atoms with Gasteiger partial charge in [0, 0.05) is 6.54 Å². The van der Waals surface area contributed by atoms with Crippen molar-refractivity contribution in [2.45, 2.75) is 37.6 Å². The maximum atomic E-state index is 11.3. The zero-order valence-electron chi connectivity index (χ0n) is 9.60. The summed E-state index contributed by atoms with van der Waals surface area (Å²) in [7, 11) is 0. The van der Waals surface area contributed by atoms with E-state index in [4.69, 9.17) is 21.8 Å². The molecule has 1 amide bonds. The van der Waals surface area contributed by atoms with Gasteiger partial charge in [-0.25, -0.2) is 0 Å². The molecule has 0 bridgehead atoms. The predicted octanol–water partition coefficient (Wildman–Crippen LogP) is 1.21. The molecule has 2 atom stereocenters. The molecule has 1 aromatic rings. The fraction of sp³-hybridized carbons (Fsp3) is 0.700. The summed E-state index contributed by atoms with van der Waals surface area (Å²) in [5.74, 6) is -0.00108. The van der Waals surface area contributed by atoms with Crippen LogP contribution >= 0.6 is 11.6 Å². The van der Waals surface area contributed by atoms with E-state index in [1.807, 2.05) is 0 Å². The number of hydrogen-bond donors (Lipinski definition) is 1. The van der Waals surface area contributed by atoms with Gasteiger partial charge in [0.15, 0.2) is 0 Å². The van der Waals surface area contributed by atoms with E-state index in [0.717, 1.165) is 19.3 Å². The van der Waals surface area contributed by atoms with Crippen LogP contribution in [0.15, 0.2) is 4.42 Å². The van der Waals surface area contributed by atoms with Crippen LogP contribution in [0.4, 0.5) is 6.01 Å². The number of piperidine rings is 1.